The Bertz CT molecular complexity index is 1240. The van der Waals surface area contributed by atoms with Gasteiger partial charge in [0.25, 0.3) is 5.91 Å². The summed E-state index contributed by atoms with van der Waals surface area (Å²) in [4.78, 5) is 30.3. The molecule has 0 saturated carbocycles. The number of amides is 2. The molecule has 4 aromatic rings. The standard InChI is InChI=1S/C22H16Cl2N4O2S/c23-15-6-2-7-16(24)20(15)22(30)26-18-8-1-5-14-17(9-10-25-21(14)18)27-28-19(29)12-13-4-3-11-31-13/h1-11H,12H2,(H,25,27)(H,26,30)(H,28,29). The topological polar surface area (TPSA) is 83.1 Å². The summed E-state index contributed by atoms with van der Waals surface area (Å²) in [6.45, 7) is 0. The van der Waals surface area contributed by atoms with Crippen LogP contribution in [0.25, 0.3) is 10.9 Å². The van der Waals surface area contributed by atoms with E-state index in [1.807, 2.05) is 23.6 Å². The van der Waals surface area contributed by atoms with E-state index in [0.29, 0.717) is 16.9 Å². The summed E-state index contributed by atoms with van der Waals surface area (Å²) >= 11 is 13.8. The lowest BCUT2D eigenvalue weighted by molar-refractivity contribution is -0.119. The second-order valence-electron chi connectivity index (χ2n) is 6.54. The van der Waals surface area contributed by atoms with Gasteiger partial charge in [0, 0.05) is 16.5 Å². The van der Waals surface area contributed by atoms with Crippen molar-refractivity contribution in [1.82, 2.24) is 10.4 Å². The maximum Gasteiger partial charge on any atom is 0.258 e. The van der Waals surface area contributed by atoms with Gasteiger partial charge in [0.1, 0.15) is 0 Å². The molecule has 0 aliphatic carbocycles. The number of hydrogen-bond acceptors (Lipinski definition) is 5. The number of fused-ring (bicyclic) bond motifs is 1. The number of halogens is 2. The van der Waals surface area contributed by atoms with Gasteiger partial charge < -0.3 is 5.32 Å². The number of hydrazine groups is 1. The van der Waals surface area contributed by atoms with E-state index in [2.05, 4.69) is 21.2 Å². The van der Waals surface area contributed by atoms with Crippen molar-refractivity contribution in [3.05, 3.63) is 86.7 Å². The number of benzene rings is 2. The molecule has 4 rings (SSSR count). The van der Waals surface area contributed by atoms with Crippen LogP contribution in [0.3, 0.4) is 0 Å². The summed E-state index contributed by atoms with van der Waals surface area (Å²) in [5.74, 6) is -0.599. The summed E-state index contributed by atoms with van der Waals surface area (Å²) in [5, 5.41) is 5.99. The zero-order chi connectivity index (χ0) is 21.8. The van der Waals surface area contributed by atoms with Crippen LogP contribution in [0.2, 0.25) is 10.0 Å². The molecule has 2 heterocycles. The molecular formula is C22H16Cl2N4O2S. The minimum atomic E-state index is -0.437. The normalized spacial score (nSPS) is 10.6. The maximum absolute atomic E-state index is 12.8. The van der Waals surface area contributed by atoms with E-state index in [4.69, 9.17) is 23.2 Å². The van der Waals surface area contributed by atoms with Crippen LogP contribution in [0.1, 0.15) is 15.2 Å². The fraction of sp³-hybridized carbons (Fsp3) is 0.0455. The Morgan fingerprint density at radius 3 is 2.45 bits per heavy atom. The van der Waals surface area contributed by atoms with Crippen molar-refractivity contribution >= 4 is 68.6 Å². The predicted octanol–water partition coefficient (Wildman–Crippen LogP) is 5.54. The number of nitrogens with zero attached hydrogens (tertiary/aromatic N) is 1. The molecule has 156 valence electrons. The third kappa shape index (κ3) is 4.80. The molecule has 0 aliphatic rings. The second kappa shape index (κ2) is 9.34. The summed E-state index contributed by atoms with van der Waals surface area (Å²) in [5.41, 5.74) is 7.53. The van der Waals surface area contributed by atoms with Crippen LogP contribution >= 0.6 is 34.5 Å². The Labute approximate surface area is 192 Å². The first-order valence-electron chi connectivity index (χ1n) is 9.23. The van der Waals surface area contributed by atoms with Crippen LogP contribution < -0.4 is 16.2 Å². The zero-order valence-corrected chi connectivity index (χ0v) is 18.3. The van der Waals surface area contributed by atoms with Crippen LogP contribution in [0.15, 0.2) is 66.2 Å². The van der Waals surface area contributed by atoms with Gasteiger partial charge in [-0.25, -0.2) is 0 Å². The van der Waals surface area contributed by atoms with Gasteiger partial charge in [0.05, 0.1) is 38.9 Å². The molecule has 0 aliphatic heterocycles. The molecule has 3 N–H and O–H groups in total. The minimum absolute atomic E-state index is 0.162. The lowest BCUT2D eigenvalue weighted by Gasteiger charge is -2.13. The fourth-order valence-electron chi connectivity index (χ4n) is 3.04. The van der Waals surface area contributed by atoms with Gasteiger partial charge in [-0.15, -0.1) is 11.3 Å². The molecule has 0 radical (unpaired) electrons. The number of aromatic nitrogens is 1. The molecule has 2 aromatic carbocycles. The van der Waals surface area contributed by atoms with Crippen molar-refractivity contribution in [2.75, 3.05) is 10.7 Å². The van der Waals surface area contributed by atoms with Crippen LogP contribution in [0.4, 0.5) is 11.4 Å². The van der Waals surface area contributed by atoms with Crippen LogP contribution in [0.5, 0.6) is 0 Å². The molecule has 0 saturated heterocycles. The number of carbonyl (C=O) groups excluding carboxylic acids is 2. The molecule has 0 spiro atoms. The molecule has 2 amide bonds. The number of hydrogen-bond donors (Lipinski definition) is 3. The highest BCUT2D eigenvalue weighted by Crippen LogP contribution is 2.29. The molecule has 6 nitrogen and oxygen atoms in total. The lowest BCUT2D eigenvalue weighted by Crippen LogP contribution is -2.30. The third-order valence-electron chi connectivity index (χ3n) is 4.46. The largest absolute Gasteiger partial charge is 0.320 e. The molecular weight excluding hydrogens is 455 g/mol. The van der Waals surface area contributed by atoms with E-state index in [1.54, 1.807) is 42.6 Å². The molecule has 0 atom stereocenters. The van der Waals surface area contributed by atoms with E-state index in [-0.39, 0.29) is 27.9 Å². The van der Waals surface area contributed by atoms with Gasteiger partial charge in [0.2, 0.25) is 5.91 Å². The van der Waals surface area contributed by atoms with Gasteiger partial charge >= 0.3 is 0 Å². The molecule has 31 heavy (non-hydrogen) atoms. The minimum Gasteiger partial charge on any atom is -0.320 e. The number of carbonyl (C=O) groups is 2. The lowest BCUT2D eigenvalue weighted by atomic mass is 10.1. The van der Waals surface area contributed by atoms with Crippen molar-refractivity contribution < 1.29 is 9.59 Å². The highest BCUT2D eigenvalue weighted by atomic mass is 35.5. The molecule has 9 heteroatoms. The summed E-state index contributed by atoms with van der Waals surface area (Å²) in [6.07, 6.45) is 1.88. The molecule has 0 fully saturated rings. The van der Waals surface area contributed by atoms with Gasteiger partial charge in [-0.2, -0.15) is 0 Å². The molecule has 0 unspecified atom stereocenters. The quantitative estimate of drug-likeness (QED) is 0.323. The second-order valence-corrected chi connectivity index (χ2v) is 8.39. The fourth-order valence-corrected chi connectivity index (χ4v) is 4.31. The van der Waals surface area contributed by atoms with E-state index >= 15 is 0 Å². The number of anilines is 2. The number of nitrogens with one attached hydrogen (secondary N) is 3. The summed E-state index contributed by atoms with van der Waals surface area (Å²) in [7, 11) is 0. The first-order valence-corrected chi connectivity index (χ1v) is 10.9. The van der Waals surface area contributed by atoms with Gasteiger partial charge in [-0.1, -0.05) is 47.5 Å². The van der Waals surface area contributed by atoms with Crippen molar-refractivity contribution in [3.63, 3.8) is 0 Å². The van der Waals surface area contributed by atoms with E-state index in [0.717, 1.165) is 10.3 Å². The maximum atomic E-state index is 12.8. The van der Waals surface area contributed by atoms with Crippen molar-refractivity contribution in [2.45, 2.75) is 6.42 Å². The van der Waals surface area contributed by atoms with Crippen molar-refractivity contribution in [1.29, 1.82) is 0 Å². The Hall–Kier alpha value is -3.13. The van der Waals surface area contributed by atoms with Gasteiger partial charge in [-0.3, -0.25) is 25.4 Å². The SMILES string of the molecule is O=C(Cc1cccs1)NNc1ccnc2c(NC(=O)c3c(Cl)cccc3Cl)cccc12. The molecule has 0 bridgehead atoms. The zero-order valence-electron chi connectivity index (χ0n) is 16.0. The predicted molar refractivity (Wildman–Crippen MR) is 126 cm³/mol. The van der Waals surface area contributed by atoms with E-state index < -0.39 is 5.91 Å². The monoisotopic (exact) mass is 470 g/mol. The molecule has 2 aromatic heterocycles. The highest BCUT2D eigenvalue weighted by Gasteiger charge is 2.16. The third-order valence-corrected chi connectivity index (χ3v) is 5.97. The van der Waals surface area contributed by atoms with E-state index in [9.17, 15) is 9.59 Å². The smallest absolute Gasteiger partial charge is 0.258 e. The summed E-state index contributed by atoms with van der Waals surface area (Å²) in [6, 6.07) is 15.8. The van der Waals surface area contributed by atoms with Crippen LogP contribution in [-0.4, -0.2) is 16.8 Å². The average Bonchev–Trinajstić information content (AvgIpc) is 3.25. The van der Waals surface area contributed by atoms with Gasteiger partial charge in [-0.05, 0) is 35.7 Å². The van der Waals surface area contributed by atoms with Gasteiger partial charge in [0.15, 0.2) is 0 Å². The Morgan fingerprint density at radius 2 is 1.71 bits per heavy atom. The Kier molecular flexibility index (Phi) is 6.36. The number of pyridine rings is 1. The Morgan fingerprint density at radius 1 is 0.935 bits per heavy atom. The summed E-state index contributed by atoms with van der Waals surface area (Å²) < 4.78 is 0. The average molecular weight is 471 g/mol. The number of rotatable bonds is 6. The number of para-hydroxylation sites is 1. The number of thiophene rings is 1. The van der Waals surface area contributed by atoms with Crippen molar-refractivity contribution in [2.24, 2.45) is 0 Å². The first kappa shape index (κ1) is 21.1. The van der Waals surface area contributed by atoms with Crippen LogP contribution in [-0.2, 0) is 11.2 Å². The van der Waals surface area contributed by atoms with Crippen LogP contribution in [0, 0.1) is 0 Å². The Balaban J connectivity index is 1.55. The first-order chi connectivity index (χ1) is 15.0. The highest BCUT2D eigenvalue weighted by molar-refractivity contribution is 7.10. The van der Waals surface area contributed by atoms with Crippen molar-refractivity contribution in [3.8, 4) is 0 Å². The van der Waals surface area contributed by atoms with E-state index in [1.165, 1.54) is 11.3 Å².